The maximum absolute atomic E-state index is 14.0. The number of alkyl halides is 1. The Morgan fingerprint density at radius 1 is 1.29 bits per heavy atom. The number of hydrogen-bond donors (Lipinski definition) is 1. The monoisotopic (exact) mass is 539 g/mol. The van der Waals surface area contributed by atoms with E-state index in [4.69, 9.17) is 4.74 Å². The maximum Gasteiger partial charge on any atom is 0.248 e. The number of halogens is 1. The molecule has 1 spiro atoms. The van der Waals surface area contributed by atoms with Crippen LogP contribution in [-0.4, -0.2) is 99.4 Å². The maximum atomic E-state index is 14.0. The van der Waals surface area contributed by atoms with Crippen molar-refractivity contribution in [2.24, 2.45) is 11.8 Å². The first-order valence-electron chi connectivity index (χ1n) is 12.2. The zero-order valence-electron chi connectivity index (χ0n) is 20.5. The Balaban J connectivity index is 2.04. The van der Waals surface area contributed by atoms with Gasteiger partial charge in [0.25, 0.3) is 0 Å². The number of rotatable bonds is 12. The molecule has 3 rings (SSSR count). The molecule has 2 bridgehead atoms. The highest BCUT2D eigenvalue weighted by molar-refractivity contribution is 9.09. The van der Waals surface area contributed by atoms with Crippen molar-refractivity contribution in [1.29, 1.82) is 0 Å². The third-order valence-corrected chi connectivity index (χ3v) is 8.30. The van der Waals surface area contributed by atoms with Crippen LogP contribution in [0.25, 0.3) is 0 Å². The molecule has 1 N–H and O–H groups in total. The topological polar surface area (TPSA) is 90.4 Å². The lowest BCUT2D eigenvalue weighted by Crippen LogP contribution is -2.58. The SMILES string of the molecule is C=CCN(C)C(=O)[C@H]1[C@H]2C(=O)N([C@H](C)CO)C(C(=O)N(CC=C)CCCCC)C23CC(Br)[C@@H]1O3. The van der Waals surface area contributed by atoms with Crippen molar-refractivity contribution < 1.29 is 24.2 Å². The first kappa shape index (κ1) is 26.9. The van der Waals surface area contributed by atoms with Crippen LogP contribution in [0.15, 0.2) is 25.3 Å². The van der Waals surface area contributed by atoms with Crippen LogP contribution in [0.5, 0.6) is 0 Å². The fourth-order valence-corrected chi connectivity index (χ4v) is 6.84. The van der Waals surface area contributed by atoms with Gasteiger partial charge in [0, 0.05) is 31.5 Å². The fraction of sp³-hybridized carbons (Fsp3) is 0.720. The number of nitrogens with zero attached hydrogens (tertiary/aromatic N) is 3. The summed E-state index contributed by atoms with van der Waals surface area (Å²) in [6, 6.07) is -1.48. The lowest BCUT2D eigenvalue weighted by atomic mass is 9.70. The van der Waals surface area contributed by atoms with Gasteiger partial charge in [-0.15, -0.1) is 13.2 Å². The quantitative estimate of drug-likeness (QED) is 0.232. The Morgan fingerprint density at radius 3 is 2.56 bits per heavy atom. The highest BCUT2D eigenvalue weighted by Gasteiger charge is 2.77. The van der Waals surface area contributed by atoms with Crippen molar-refractivity contribution in [3.63, 3.8) is 0 Å². The van der Waals surface area contributed by atoms with Crippen LogP contribution in [0, 0.1) is 11.8 Å². The van der Waals surface area contributed by atoms with E-state index in [1.165, 1.54) is 4.90 Å². The van der Waals surface area contributed by atoms with Gasteiger partial charge in [-0.25, -0.2) is 0 Å². The van der Waals surface area contributed by atoms with E-state index in [1.807, 2.05) is 0 Å². The highest BCUT2D eigenvalue weighted by Crippen LogP contribution is 2.60. The number of amides is 3. The number of ether oxygens (including phenoxy) is 1. The van der Waals surface area contributed by atoms with Gasteiger partial charge < -0.3 is 24.5 Å². The summed E-state index contributed by atoms with van der Waals surface area (Å²) in [7, 11) is 1.68. The Hall–Kier alpha value is -1.71. The van der Waals surface area contributed by atoms with Crippen molar-refractivity contribution in [2.45, 2.75) is 68.1 Å². The molecule has 7 atom stereocenters. The van der Waals surface area contributed by atoms with Crippen LogP contribution in [0.4, 0.5) is 0 Å². The molecule has 8 nitrogen and oxygen atoms in total. The molecule has 0 radical (unpaired) electrons. The van der Waals surface area contributed by atoms with Crippen molar-refractivity contribution in [3.8, 4) is 0 Å². The second-order valence-corrected chi connectivity index (χ2v) is 10.9. The number of hydrogen-bond acceptors (Lipinski definition) is 5. The zero-order chi connectivity index (χ0) is 25.2. The molecule has 3 aliphatic rings. The zero-order valence-corrected chi connectivity index (χ0v) is 22.1. The summed E-state index contributed by atoms with van der Waals surface area (Å²) in [5, 5.41) is 9.97. The minimum absolute atomic E-state index is 0.157. The summed E-state index contributed by atoms with van der Waals surface area (Å²) in [5.41, 5.74) is -1.12. The average molecular weight is 540 g/mol. The molecule has 3 amide bonds. The second-order valence-electron chi connectivity index (χ2n) is 9.73. The van der Waals surface area contributed by atoms with Gasteiger partial charge in [0.15, 0.2) is 0 Å². The van der Waals surface area contributed by atoms with Crippen LogP contribution < -0.4 is 0 Å². The molecule has 9 heteroatoms. The van der Waals surface area contributed by atoms with E-state index in [2.05, 4.69) is 36.0 Å². The van der Waals surface area contributed by atoms with Crippen molar-refractivity contribution in [1.82, 2.24) is 14.7 Å². The Bertz CT molecular complexity index is 822. The van der Waals surface area contributed by atoms with Crippen LogP contribution in [-0.2, 0) is 19.1 Å². The van der Waals surface area contributed by atoms with Crippen molar-refractivity contribution >= 4 is 33.7 Å². The molecule has 0 aromatic heterocycles. The summed E-state index contributed by atoms with van der Waals surface area (Å²) in [5.74, 6) is -2.16. The first-order chi connectivity index (χ1) is 16.2. The smallest absolute Gasteiger partial charge is 0.248 e. The third-order valence-electron chi connectivity index (χ3n) is 7.46. The van der Waals surface area contributed by atoms with Crippen LogP contribution in [0.2, 0.25) is 0 Å². The molecule has 3 unspecified atom stereocenters. The predicted octanol–water partition coefficient (Wildman–Crippen LogP) is 1.96. The molecule has 3 aliphatic heterocycles. The fourth-order valence-electron chi connectivity index (χ4n) is 5.90. The lowest BCUT2D eigenvalue weighted by molar-refractivity contribution is -0.151. The summed E-state index contributed by atoms with van der Waals surface area (Å²) in [4.78, 5) is 46.0. The standard InChI is InChI=1S/C25H38BrN3O5/c1-6-9-10-13-28(12-8-3)24(33)21-25-14-17(26)20(34-25)18(22(31)27(5)11-7-2)19(25)23(32)29(21)16(4)15-30/h7-8,16-21,30H,2-3,6,9-15H2,1,4-5H3/t16-,17?,18+,19+,20+,21?,25?/m1/s1. The molecular formula is C25H38BrN3O5. The summed E-state index contributed by atoms with van der Waals surface area (Å²) < 4.78 is 6.50. The van der Waals surface area contributed by atoms with Crippen LogP contribution in [0.3, 0.4) is 0 Å². The van der Waals surface area contributed by atoms with Gasteiger partial charge >= 0.3 is 0 Å². The van der Waals surface area contributed by atoms with Gasteiger partial charge in [-0.1, -0.05) is 47.8 Å². The molecule has 0 aromatic rings. The van der Waals surface area contributed by atoms with Gasteiger partial charge in [0.1, 0.15) is 11.6 Å². The van der Waals surface area contributed by atoms with E-state index in [0.717, 1.165) is 19.3 Å². The summed E-state index contributed by atoms with van der Waals surface area (Å²) >= 11 is 3.68. The number of likely N-dealkylation sites (N-methyl/N-ethyl adjacent to an activating group) is 1. The lowest BCUT2D eigenvalue weighted by Gasteiger charge is -2.38. The van der Waals surface area contributed by atoms with E-state index < -0.39 is 35.6 Å². The number of carbonyl (C=O) groups excluding carboxylic acids is 3. The molecule has 3 heterocycles. The minimum Gasteiger partial charge on any atom is -0.394 e. The molecule has 0 aromatic carbocycles. The normalized spacial score (nSPS) is 32.4. The molecule has 0 saturated carbocycles. The van der Waals surface area contributed by atoms with Gasteiger partial charge in [-0.3, -0.25) is 14.4 Å². The van der Waals surface area contributed by atoms with Crippen molar-refractivity contribution in [2.75, 3.05) is 33.3 Å². The second kappa shape index (κ2) is 10.9. The first-order valence-corrected chi connectivity index (χ1v) is 13.1. The molecular weight excluding hydrogens is 502 g/mol. The van der Waals surface area contributed by atoms with E-state index >= 15 is 0 Å². The Labute approximate surface area is 211 Å². The van der Waals surface area contributed by atoms with Gasteiger partial charge in [-0.2, -0.15) is 0 Å². The summed E-state index contributed by atoms with van der Waals surface area (Å²) in [6.45, 7) is 12.3. The molecule has 190 valence electrons. The minimum atomic E-state index is -1.12. The van der Waals surface area contributed by atoms with Gasteiger partial charge in [-0.05, 0) is 19.8 Å². The van der Waals surface area contributed by atoms with Crippen LogP contribution in [0.1, 0.15) is 39.5 Å². The molecule has 3 saturated heterocycles. The average Bonchev–Trinajstić information content (AvgIpc) is 3.40. The third kappa shape index (κ3) is 4.35. The van der Waals surface area contributed by atoms with Crippen LogP contribution >= 0.6 is 15.9 Å². The number of aliphatic hydroxyl groups excluding tert-OH is 1. The van der Waals surface area contributed by atoms with E-state index in [-0.39, 0.29) is 29.2 Å². The molecule has 0 aliphatic carbocycles. The molecule has 34 heavy (non-hydrogen) atoms. The van der Waals surface area contributed by atoms with E-state index in [1.54, 1.807) is 35.9 Å². The Morgan fingerprint density at radius 2 is 1.97 bits per heavy atom. The Kier molecular flexibility index (Phi) is 8.63. The number of fused-ring (bicyclic) bond motifs is 1. The number of aliphatic hydroxyl groups is 1. The highest BCUT2D eigenvalue weighted by atomic mass is 79.9. The largest absolute Gasteiger partial charge is 0.394 e. The number of likely N-dealkylation sites (tertiary alicyclic amines) is 1. The predicted molar refractivity (Wildman–Crippen MR) is 133 cm³/mol. The van der Waals surface area contributed by atoms with Gasteiger partial charge in [0.05, 0.1) is 30.6 Å². The van der Waals surface area contributed by atoms with Crippen molar-refractivity contribution in [3.05, 3.63) is 25.3 Å². The summed E-state index contributed by atoms with van der Waals surface area (Å²) in [6.07, 6.45) is 6.14. The van der Waals surface area contributed by atoms with Gasteiger partial charge in [0.2, 0.25) is 17.7 Å². The number of carbonyl (C=O) groups is 3. The van der Waals surface area contributed by atoms with E-state index in [0.29, 0.717) is 26.1 Å². The van der Waals surface area contributed by atoms with E-state index in [9.17, 15) is 19.5 Å². The number of unbranched alkanes of at least 4 members (excludes halogenated alkanes) is 2. The molecule has 3 fully saturated rings.